The normalized spacial score (nSPS) is 17.5. The molecule has 1 unspecified atom stereocenters. The third kappa shape index (κ3) is 9.46. The van der Waals surface area contributed by atoms with Gasteiger partial charge in [-0.05, 0) is 85.1 Å². The summed E-state index contributed by atoms with van der Waals surface area (Å²) < 4.78 is 53.4. The van der Waals surface area contributed by atoms with E-state index in [9.17, 15) is 23.1 Å². The summed E-state index contributed by atoms with van der Waals surface area (Å²) in [6.07, 6.45) is 1.54. The van der Waals surface area contributed by atoms with Crippen LogP contribution in [-0.4, -0.2) is 95.5 Å². The van der Waals surface area contributed by atoms with Crippen LogP contribution in [0.1, 0.15) is 24.0 Å². The molecule has 0 saturated carbocycles. The van der Waals surface area contributed by atoms with E-state index in [2.05, 4.69) is 12.4 Å². The Kier molecular flexibility index (Phi) is 12.4. The Hall–Kier alpha value is -5.67. The first kappa shape index (κ1) is 39.5. The van der Waals surface area contributed by atoms with Gasteiger partial charge in [-0.15, -0.1) is 0 Å². The van der Waals surface area contributed by atoms with Crippen LogP contribution in [-0.2, 0) is 27.9 Å². The average molecular weight is 764 g/mol. The van der Waals surface area contributed by atoms with Gasteiger partial charge in [0.1, 0.15) is 29.0 Å². The fourth-order valence-electron chi connectivity index (χ4n) is 6.87. The lowest BCUT2D eigenvalue weighted by atomic mass is 9.96. The maximum absolute atomic E-state index is 14.3. The number of ether oxygens (including phenoxy) is 4. The fraction of sp³-hybridized carbons (Fsp3) is 0.333. The van der Waals surface area contributed by atoms with E-state index in [1.165, 1.54) is 73.7 Å². The minimum atomic E-state index is -4.24. The number of amides is 3. The molecule has 54 heavy (non-hydrogen) atoms. The van der Waals surface area contributed by atoms with Crippen LogP contribution in [0.3, 0.4) is 0 Å². The molecule has 0 radical (unpaired) electrons. The first-order valence-corrected chi connectivity index (χ1v) is 18.7. The third-order valence-corrected chi connectivity index (χ3v) is 10.8. The molecule has 0 aromatic heterocycles. The van der Waals surface area contributed by atoms with E-state index >= 15 is 0 Å². The molecule has 4 N–H and O–H groups in total. The van der Waals surface area contributed by atoms with Gasteiger partial charge in [0, 0.05) is 23.7 Å². The molecule has 14 nitrogen and oxygen atoms in total. The van der Waals surface area contributed by atoms with E-state index in [1.54, 1.807) is 26.4 Å². The number of carbonyl (C=O) groups is 2. The number of primary amides is 1. The van der Waals surface area contributed by atoms with Crippen LogP contribution in [0.15, 0.2) is 89.8 Å². The second kappa shape index (κ2) is 17.0. The van der Waals surface area contributed by atoms with Crippen LogP contribution in [0, 0.1) is 0 Å². The van der Waals surface area contributed by atoms with Gasteiger partial charge < -0.3 is 48.7 Å². The van der Waals surface area contributed by atoms with Crippen molar-refractivity contribution < 1.29 is 50.7 Å². The number of nitrogens with one attached hydrogen (secondary N) is 1. The monoisotopic (exact) mass is 763 g/mol. The van der Waals surface area contributed by atoms with Crippen molar-refractivity contribution in [2.45, 2.75) is 42.8 Å². The zero-order chi connectivity index (χ0) is 39.0. The van der Waals surface area contributed by atoms with Gasteiger partial charge in [-0.3, -0.25) is 4.79 Å². The molecule has 1 aliphatic rings. The highest BCUT2D eigenvalue weighted by atomic mass is 32.2. The Bertz CT molecular complexity index is 2040. The molecule has 0 aliphatic carbocycles. The number of quaternary nitrogens is 1. The number of hydrogen-bond acceptors (Lipinski definition) is 10. The van der Waals surface area contributed by atoms with Gasteiger partial charge in [0.25, 0.3) is 0 Å². The summed E-state index contributed by atoms with van der Waals surface area (Å²) >= 11 is 0. The van der Waals surface area contributed by atoms with Crippen LogP contribution in [0.5, 0.6) is 34.5 Å². The van der Waals surface area contributed by atoms with Crippen molar-refractivity contribution >= 4 is 27.7 Å². The van der Waals surface area contributed by atoms with E-state index in [4.69, 9.17) is 28.9 Å². The number of urea groups is 1. The van der Waals surface area contributed by atoms with Crippen molar-refractivity contribution in [3.8, 4) is 34.5 Å². The highest BCUT2D eigenvalue weighted by molar-refractivity contribution is 7.87. The van der Waals surface area contributed by atoms with Crippen molar-refractivity contribution in [1.29, 1.82) is 0 Å². The number of likely N-dealkylation sites (N-methyl/N-ethyl adjacent to an activating group) is 1. The molecule has 3 atom stereocenters. The standard InChI is InChI=1S/C39H46N4O10S/c1-43(24-27-10-18-34(49-2)36(22-27)51-4)20-6-7-29(25-43)42(33(38(40)45)21-26-8-13-30(44)14-9-26)39(46)41-28-11-15-31(16-12-28)53-54(47,48)32-17-19-35(50-3)37(23-32)52-5/h8-19,22-23,29,33H,6-7,20-21,24-25H2,1-5H3,(H3-,40,41,44,45,46)/p+1/t29-,33-,43?/m0/s1. The first-order valence-electron chi connectivity index (χ1n) is 17.3. The zero-order valence-electron chi connectivity index (χ0n) is 31.0. The quantitative estimate of drug-likeness (QED) is 0.111. The van der Waals surface area contributed by atoms with Crippen LogP contribution >= 0.6 is 0 Å². The van der Waals surface area contributed by atoms with Crippen molar-refractivity contribution in [2.24, 2.45) is 5.73 Å². The third-order valence-electron chi connectivity index (χ3n) is 9.51. The summed E-state index contributed by atoms with van der Waals surface area (Å²) in [6, 6.07) is 20.2. The van der Waals surface area contributed by atoms with E-state index < -0.39 is 28.1 Å². The maximum atomic E-state index is 14.3. The molecule has 288 valence electrons. The fourth-order valence-corrected chi connectivity index (χ4v) is 7.82. The number of likely N-dealkylation sites (tertiary alicyclic amines) is 1. The van der Waals surface area contributed by atoms with Crippen molar-refractivity contribution in [3.63, 3.8) is 0 Å². The average Bonchev–Trinajstić information content (AvgIpc) is 3.15. The number of aromatic hydroxyl groups is 1. The van der Waals surface area contributed by atoms with E-state index in [-0.39, 0.29) is 34.6 Å². The van der Waals surface area contributed by atoms with Gasteiger partial charge in [-0.1, -0.05) is 12.1 Å². The molecule has 1 fully saturated rings. The molecule has 4 aromatic rings. The molecule has 15 heteroatoms. The molecular weight excluding hydrogens is 717 g/mol. The van der Waals surface area contributed by atoms with Gasteiger partial charge >= 0.3 is 16.1 Å². The number of piperidine rings is 1. The Morgan fingerprint density at radius 3 is 2.06 bits per heavy atom. The number of anilines is 1. The first-order chi connectivity index (χ1) is 25.8. The topological polar surface area (TPSA) is 176 Å². The number of benzene rings is 4. The Morgan fingerprint density at radius 2 is 1.44 bits per heavy atom. The predicted octanol–water partition coefficient (Wildman–Crippen LogP) is 4.93. The van der Waals surface area contributed by atoms with Crippen LogP contribution < -0.4 is 34.2 Å². The Morgan fingerprint density at radius 1 is 0.852 bits per heavy atom. The summed E-state index contributed by atoms with van der Waals surface area (Å²) in [7, 11) is 3.89. The van der Waals surface area contributed by atoms with E-state index in [0.717, 1.165) is 18.5 Å². The molecule has 0 spiro atoms. The lowest BCUT2D eigenvalue weighted by Crippen LogP contribution is -2.62. The largest absolute Gasteiger partial charge is 0.508 e. The minimum Gasteiger partial charge on any atom is -0.508 e. The van der Waals surface area contributed by atoms with Gasteiger partial charge in [0.05, 0.1) is 54.6 Å². The second-order valence-corrected chi connectivity index (χ2v) is 14.9. The molecule has 1 aliphatic heterocycles. The molecular formula is C39H47N4O10S+. The summed E-state index contributed by atoms with van der Waals surface area (Å²) in [6.45, 7) is 2.01. The SMILES string of the molecule is COc1ccc(C[N+]2(C)CCC[C@H](N(C(=O)Nc3ccc(OS(=O)(=O)c4ccc(OC)c(OC)c4)cc3)[C@@H](Cc3ccc(O)cc3)C(N)=O)C2)cc1OC. The number of hydrogen-bond donors (Lipinski definition) is 3. The number of nitrogens with zero attached hydrogens (tertiary/aromatic N) is 2. The number of nitrogens with two attached hydrogens (primary N) is 1. The van der Waals surface area contributed by atoms with E-state index in [1.807, 2.05) is 18.2 Å². The van der Waals surface area contributed by atoms with Crippen LogP contribution in [0.25, 0.3) is 0 Å². The smallest absolute Gasteiger partial charge is 0.339 e. The number of methoxy groups -OCH3 is 4. The number of rotatable bonds is 15. The number of phenolic OH excluding ortho intramolecular Hbond substituents is 1. The molecule has 1 saturated heterocycles. The molecule has 5 rings (SSSR count). The Labute approximate surface area is 315 Å². The van der Waals surface area contributed by atoms with Crippen molar-refractivity contribution in [3.05, 3.63) is 96.1 Å². The second-order valence-electron chi connectivity index (χ2n) is 13.4. The Balaban J connectivity index is 1.39. The molecule has 1 heterocycles. The van der Waals surface area contributed by atoms with Gasteiger partial charge in [-0.2, -0.15) is 8.42 Å². The van der Waals surface area contributed by atoms with Crippen LogP contribution in [0.2, 0.25) is 0 Å². The maximum Gasteiger partial charge on any atom is 0.339 e. The highest BCUT2D eigenvalue weighted by Gasteiger charge is 2.41. The van der Waals surface area contributed by atoms with Gasteiger partial charge in [0.15, 0.2) is 23.0 Å². The highest BCUT2D eigenvalue weighted by Crippen LogP contribution is 2.33. The molecule has 4 aromatic carbocycles. The lowest BCUT2D eigenvalue weighted by molar-refractivity contribution is -0.928. The summed E-state index contributed by atoms with van der Waals surface area (Å²) in [5.74, 6) is 1.24. The van der Waals surface area contributed by atoms with Crippen LogP contribution in [0.4, 0.5) is 10.5 Å². The molecule has 0 bridgehead atoms. The lowest BCUT2D eigenvalue weighted by Gasteiger charge is -2.46. The van der Waals surface area contributed by atoms with Gasteiger partial charge in [0.2, 0.25) is 5.91 Å². The zero-order valence-corrected chi connectivity index (χ0v) is 31.8. The number of phenols is 1. The van der Waals surface area contributed by atoms with Crippen molar-refractivity contribution in [1.82, 2.24) is 4.90 Å². The van der Waals surface area contributed by atoms with Crippen molar-refractivity contribution in [2.75, 3.05) is 53.9 Å². The minimum absolute atomic E-state index is 0.0116. The number of carbonyl (C=O) groups excluding carboxylic acids is 2. The molecule has 3 amide bonds. The predicted molar refractivity (Wildman–Crippen MR) is 202 cm³/mol. The van der Waals surface area contributed by atoms with E-state index in [0.29, 0.717) is 52.5 Å². The summed E-state index contributed by atoms with van der Waals surface area (Å²) in [4.78, 5) is 28.9. The summed E-state index contributed by atoms with van der Waals surface area (Å²) in [5.41, 5.74) is 8.11. The van der Waals surface area contributed by atoms with Gasteiger partial charge in [-0.25, -0.2) is 4.79 Å². The summed E-state index contributed by atoms with van der Waals surface area (Å²) in [5, 5.41) is 12.7.